The van der Waals surface area contributed by atoms with Crippen molar-refractivity contribution in [3.63, 3.8) is 0 Å². The Hall–Kier alpha value is -0.790. The van der Waals surface area contributed by atoms with Gasteiger partial charge in [-0.05, 0) is 31.6 Å². The largest absolute Gasteiger partial charge is 0.334 e. The molecule has 1 aromatic rings. The molecule has 1 aromatic heterocycles. The quantitative estimate of drug-likeness (QED) is 0.738. The molecule has 0 amide bonds. The van der Waals surface area contributed by atoms with Gasteiger partial charge in [-0.25, -0.2) is 4.98 Å². The van der Waals surface area contributed by atoms with Gasteiger partial charge in [0.25, 0.3) is 0 Å². The molecular formula is C14H24N2. The first-order valence-electron chi connectivity index (χ1n) is 6.89. The highest BCUT2D eigenvalue weighted by atomic mass is 15.0. The second-order valence-electron chi connectivity index (χ2n) is 5.14. The van der Waals surface area contributed by atoms with Crippen LogP contribution in [0.5, 0.6) is 0 Å². The van der Waals surface area contributed by atoms with Gasteiger partial charge in [0.05, 0.1) is 6.33 Å². The minimum atomic E-state index is 0.906. The van der Waals surface area contributed by atoms with Crippen LogP contribution in [0.1, 0.15) is 57.6 Å². The number of hydrogen-bond acceptors (Lipinski definition) is 1. The number of aromatic nitrogens is 2. The Bertz CT molecular complexity index is 297. The van der Waals surface area contributed by atoms with Gasteiger partial charge in [0.2, 0.25) is 0 Å². The summed E-state index contributed by atoms with van der Waals surface area (Å²) in [5.74, 6) is 0.906. The molecule has 0 bridgehead atoms. The third-order valence-corrected chi connectivity index (χ3v) is 3.76. The van der Waals surface area contributed by atoms with Crippen LogP contribution in [0.3, 0.4) is 0 Å². The first kappa shape index (κ1) is 11.7. The molecule has 2 heteroatoms. The molecule has 0 aliphatic heterocycles. The van der Waals surface area contributed by atoms with E-state index >= 15 is 0 Å². The highest BCUT2D eigenvalue weighted by molar-refractivity contribution is 4.98. The Morgan fingerprint density at radius 2 is 2.12 bits per heavy atom. The predicted octanol–water partition coefficient (Wildman–Crippen LogP) is 3.81. The smallest absolute Gasteiger partial charge is 0.0948 e. The summed E-state index contributed by atoms with van der Waals surface area (Å²) >= 11 is 0. The van der Waals surface area contributed by atoms with Gasteiger partial charge in [-0.2, -0.15) is 0 Å². The van der Waals surface area contributed by atoms with Crippen molar-refractivity contribution in [2.45, 2.75) is 64.8 Å². The lowest BCUT2D eigenvalue weighted by atomic mass is 9.89. The highest BCUT2D eigenvalue weighted by Crippen LogP contribution is 2.25. The van der Waals surface area contributed by atoms with E-state index in [0.717, 1.165) is 5.92 Å². The zero-order valence-electron chi connectivity index (χ0n) is 10.5. The van der Waals surface area contributed by atoms with Crippen LogP contribution in [0.15, 0.2) is 12.5 Å². The van der Waals surface area contributed by atoms with Crippen molar-refractivity contribution >= 4 is 0 Å². The molecule has 2 rings (SSSR count). The standard InChI is InChI=1S/C14H24N2/c1-2-3-9-14-10-15-12-16(14)11-13-7-5-4-6-8-13/h10,12-13H,2-9,11H2,1H3. The fourth-order valence-electron chi connectivity index (χ4n) is 2.73. The minimum absolute atomic E-state index is 0.906. The summed E-state index contributed by atoms with van der Waals surface area (Å²) in [4.78, 5) is 4.30. The first-order chi connectivity index (χ1) is 7.90. The van der Waals surface area contributed by atoms with Gasteiger partial charge in [-0.1, -0.05) is 32.6 Å². The topological polar surface area (TPSA) is 17.8 Å². The third-order valence-electron chi connectivity index (χ3n) is 3.76. The van der Waals surface area contributed by atoms with Crippen LogP contribution in [-0.4, -0.2) is 9.55 Å². The molecule has 0 radical (unpaired) electrons. The number of rotatable bonds is 5. The molecule has 0 saturated heterocycles. The third kappa shape index (κ3) is 3.10. The van der Waals surface area contributed by atoms with E-state index in [1.807, 2.05) is 6.33 Å². The maximum Gasteiger partial charge on any atom is 0.0948 e. The zero-order valence-corrected chi connectivity index (χ0v) is 10.5. The first-order valence-corrected chi connectivity index (χ1v) is 6.89. The second kappa shape index (κ2) is 6.07. The van der Waals surface area contributed by atoms with Gasteiger partial charge in [-0.15, -0.1) is 0 Å². The van der Waals surface area contributed by atoms with Crippen molar-refractivity contribution < 1.29 is 0 Å². The summed E-state index contributed by atoms with van der Waals surface area (Å²) in [7, 11) is 0. The maximum absolute atomic E-state index is 4.30. The molecular weight excluding hydrogens is 196 g/mol. The fraction of sp³-hybridized carbons (Fsp3) is 0.786. The van der Waals surface area contributed by atoms with E-state index in [1.54, 1.807) is 0 Å². The average Bonchev–Trinajstić information content (AvgIpc) is 2.75. The van der Waals surface area contributed by atoms with Crippen molar-refractivity contribution in [3.05, 3.63) is 18.2 Å². The lowest BCUT2D eigenvalue weighted by Gasteiger charge is -2.22. The Morgan fingerprint density at radius 1 is 1.31 bits per heavy atom. The van der Waals surface area contributed by atoms with Crippen molar-refractivity contribution in [2.75, 3.05) is 0 Å². The number of imidazole rings is 1. The molecule has 0 atom stereocenters. The molecule has 90 valence electrons. The summed E-state index contributed by atoms with van der Waals surface area (Å²) in [6.45, 7) is 3.46. The molecule has 1 heterocycles. The van der Waals surface area contributed by atoms with Crippen molar-refractivity contribution in [3.8, 4) is 0 Å². The summed E-state index contributed by atoms with van der Waals surface area (Å²) in [6, 6.07) is 0. The molecule has 1 aliphatic carbocycles. The molecule has 1 saturated carbocycles. The second-order valence-corrected chi connectivity index (χ2v) is 5.14. The van der Waals surface area contributed by atoms with Crippen LogP contribution >= 0.6 is 0 Å². The number of nitrogens with zero attached hydrogens (tertiary/aromatic N) is 2. The maximum atomic E-state index is 4.30. The van der Waals surface area contributed by atoms with Crippen LogP contribution in [0.4, 0.5) is 0 Å². The summed E-state index contributed by atoms with van der Waals surface area (Å²) < 4.78 is 2.39. The Labute approximate surface area is 99.1 Å². The van der Waals surface area contributed by atoms with Gasteiger partial charge >= 0.3 is 0 Å². The zero-order chi connectivity index (χ0) is 11.2. The fourth-order valence-corrected chi connectivity index (χ4v) is 2.73. The van der Waals surface area contributed by atoms with Gasteiger partial charge in [0.15, 0.2) is 0 Å². The van der Waals surface area contributed by atoms with Gasteiger partial charge < -0.3 is 4.57 Å². The normalized spacial score (nSPS) is 17.8. The number of hydrogen-bond donors (Lipinski definition) is 0. The lowest BCUT2D eigenvalue weighted by molar-refractivity contribution is 0.316. The summed E-state index contributed by atoms with van der Waals surface area (Å²) in [5, 5.41) is 0. The van der Waals surface area contributed by atoms with E-state index in [9.17, 15) is 0 Å². The predicted molar refractivity (Wildman–Crippen MR) is 67.4 cm³/mol. The van der Waals surface area contributed by atoms with Gasteiger partial charge in [-0.3, -0.25) is 0 Å². The van der Waals surface area contributed by atoms with E-state index in [-0.39, 0.29) is 0 Å². The molecule has 2 nitrogen and oxygen atoms in total. The van der Waals surface area contributed by atoms with Crippen molar-refractivity contribution in [1.82, 2.24) is 9.55 Å². The molecule has 16 heavy (non-hydrogen) atoms. The number of aryl methyl sites for hydroxylation is 1. The summed E-state index contributed by atoms with van der Waals surface area (Å²) in [6.07, 6.45) is 15.0. The van der Waals surface area contributed by atoms with E-state index in [2.05, 4.69) is 22.7 Å². The highest BCUT2D eigenvalue weighted by Gasteiger charge is 2.14. The minimum Gasteiger partial charge on any atom is -0.334 e. The van der Waals surface area contributed by atoms with Crippen LogP contribution in [0.25, 0.3) is 0 Å². The van der Waals surface area contributed by atoms with E-state index < -0.39 is 0 Å². The molecule has 1 aliphatic rings. The molecule has 1 fully saturated rings. The average molecular weight is 220 g/mol. The number of unbranched alkanes of at least 4 members (excludes halogenated alkanes) is 1. The molecule has 0 spiro atoms. The van der Waals surface area contributed by atoms with Crippen LogP contribution in [0.2, 0.25) is 0 Å². The van der Waals surface area contributed by atoms with E-state index in [1.165, 1.54) is 63.6 Å². The SMILES string of the molecule is CCCCc1cncn1CC1CCCCC1. The Morgan fingerprint density at radius 3 is 2.88 bits per heavy atom. The monoisotopic (exact) mass is 220 g/mol. The van der Waals surface area contributed by atoms with Crippen molar-refractivity contribution in [1.29, 1.82) is 0 Å². The lowest BCUT2D eigenvalue weighted by Crippen LogP contribution is -2.15. The molecule has 0 aromatic carbocycles. The van der Waals surface area contributed by atoms with E-state index in [4.69, 9.17) is 0 Å². The van der Waals surface area contributed by atoms with Gasteiger partial charge in [0.1, 0.15) is 0 Å². The van der Waals surface area contributed by atoms with Crippen LogP contribution < -0.4 is 0 Å². The Kier molecular flexibility index (Phi) is 4.44. The molecule has 0 N–H and O–H groups in total. The van der Waals surface area contributed by atoms with Crippen LogP contribution in [-0.2, 0) is 13.0 Å². The summed E-state index contributed by atoms with van der Waals surface area (Å²) in [5.41, 5.74) is 1.44. The van der Waals surface area contributed by atoms with Gasteiger partial charge in [0, 0.05) is 18.4 Å². The van der Waals surface area contributed by atoms with Crippen LogP contribution in [0, 0.1) is 5.92 Å². The van der Waals surface area contributed by atoms with E-state index in [0.29, 0.717) is 0 Å². The van der Waals surface area contributed by atoms with Crippen molar-refractivity contribution in [2.24, 2.45) is 5.92 Å². The molecule has 0 unspecified atom stereocenters. The Balaban J connectivity index is 1.89.